The van der Waals surface area contributed by atoms with E-state index in [4.69, 9.17) is 4.98 Å². The minimum Gasteiger partial charge on any atom is -0.265 e. The molecular formula is C19H19BrN2. The van der Waals surface area contributed by atoms with Gasteiger partial charge >= 0.3 is 0 Å². The van der Waals surface area contributed by atoms with Crippen LogP contribution in [0.25, 0.3) is 22.0 Å². The molecule has 1 aromatic carbocycles. The van der Waals surface area contributed by atoms with E-state index in [2.05, 4.69) is 59.0 Å². The average Bonchev–Trinajstić information content (AvgIpc) is 2.53. The van der Waals surface area contributed by atoms with Crippen LogP contribution in [0.2, 0.25) is 0 Å². The van der Waals surface area contributed by atoms with Gasteiger partial charge < -0.3 is 0 Å². The zero-order valence-corrected chi connectivity index (χ0v) is 14.5. The maximum atomic E-state index is 4.80. The first kappa shape index (κ1) is 15.2. The molecule has 0 aliphatic carbocycles. The number of halogens is 1. The van der Waals surface area contributed by atoms with E-state index in [9.17, 15) is 0 Å². The van der Waals surface area contributed by atoms with Crippen LogP contribution in [0, 0.1) is 5.92 Å². The second kappa shape index (κ2) is 6.57. The van der Waals surface area contributed by atoms with Crippen molar-refractivity contribution >= 4 is 26.8 Å². The summed E-state index contributed by atoms with van der Waals surface area (Å²) in [5.41, 5.74) is 4.57. The van der Waals surface area contributed by atoms with Gasteiger partial charge in [-0.2, -0.15) is 0 Å². The highest BCUT2D eigenvalue weighted by Gasteiger charge is 2.07. The topological polar surface area (TPSA) is 25.8 Å². The van der Waals surface area contributed by atoms with Crippen LogP contribution in [0.3, 0.4) is 0 Å². The highest BCUT2D eigenvalue weighted by atomic mass is 79.9. The molecule has 0 amide bonds. The second-order valence-electron chi connectivity index (χ2n) is 6.00. The summed E-state index contributed by atoms with van der Waals surface area (Å²) in [5, 5.41) is 1.16. The highest BCUT2D eigenvalue weighted by molar-refractivity contribution is 9.10. The van der Waals surface area contributed by atoms with Crippen molar-refractivity contribution in [1.82, 2.24) is 9.97 Å². The Kier molecular flexibility index (Phi) is 4.53. The van der Waals surface area contributed by atoms with Crippen LogP contribution in [0.1, 0.15) is 26.0 Å². The van der Waals surface area contributed by atoms with E-state index < -0.39 is 0 Å². The van der Waals surface area contributed by atoms with Gasteiger partial charge in [-0.3, -0.25) is 9.97 Å². The number of hydrogen-bond acceptors (Lipinski definition) is 2. The third-order valence-electron chi connectivity index (χ3n) is 3.80. The molecule has 22 heavy (non-hydrogen) atoms. The first-order chi connectivity index (χ1) is 10.6. The van der Waals surface area contributed by atoms with Crippen molar-refractivity contribution in [2.75, 3.05) is 0 Å². The molecule has 0 aliphatic heterocycles. The Morgan fingerprint density at radius 3 is 2.50 bits per heavy atom. The molecule has 0 saturated carbocycles. The summed E-state index contributed by atoms with van der Waals surface area (Å²) >= 11 is 3.71. The molecule has 0 spiro atoms. The summed E-state index contributed by atoms with van der Waals surface area (Å²) in [5.74, 6) is 0.699. The SMILES string of the molecule is CC(C)CCc1cc(Br)c2cc(-c3ccncc3)ccc2n1. The van der Waals surface area contributed by atoms with Gasteiger partial charge in [0.1, 0.15) is 0 Å². The van der Waals surface area contributed by atoms with Crippen LogP contribution in [0.15, 0.2) is 53.3 Å². The molecule has 0 saturated heterocycles. The standard InChI is InChI=1S/C19H19BrN2/c1-13(2)3-5-16-12-18(20)17-11-15(4-6-19(17)22-16)14-7-9-21-10-8-14/h4,6-13H,3,5H2,1-2H3. The quantitative estimate of drug-likeness (QED) is 0.605. The monoisotopic (exact) mass is 354 g/mol. The Hall–Kier alpha value is -1.74. The van der Waals surface area contributed by atoms with Gasteiger partial charge in [0.2, 0.25) is 0 Å². The van der Waals surface area contributed by atoms with E-state index in [1.54, 1.807) is 0 Å². The predicted molar refractivity (Wildman–Crippen MR) is 95.8 cm³/mol. The van der Waals surface area contributed by atoms with Gasteiger partial charge in [-0.15, -0.1) is 0 Å². The fraction of sp³-hybridized carbons (Fsp3) is 0.263. The van der Waals surface area contributed by atoms with Gasteiger partial charge in [-0.05, 0) is 60.2 Å². The lowest BCUT2D eigenvalue weighted by Crippen LogP contribution is -1.96. The maximum Gasteiger partial charge on any atom is 0.0717 e. The number of benzene rings is 1. The molecule has 3 heteroatoms. The number of aryl methyl sites for hydroxylation is 1. The van der Waals surface area contributed by atoms with Crippen LogP contribution < -0.4 is 0 Å². The highest BCUT2D eigenvalue weighted by Crippen LogP contribution is 2.29. The molecule has 0 N–H and O–H groups in total. The molecule has 3 aromatic rings. The van der Waals surface area contributed by atoms with Gasteiger partial charge in [0.15, 0.2) is 0 Å². The summed E-state index contributed by atoms with van der Waals surface area (Å²) in [6.07, 6.45) is 5.84. The molecular weight excluding hydrogens is 336 g/mol. The number of nitrogens with zero attached hydrogens (tertiary/aromatic N) is 2. The number of pyridine rings is 2. The zero-order valence-electron chi connectivity index (χ0n) is 12.9. The second-order valence-corrected chi connectivity index (χ2v) is 6.85. The molecule has 0 radical (unpaired) electrons. The van der Waals surface area contributed by atoms with Crippen LogP contribution in [0.4, 0.5) is 0 Å². The molecule has 2 aromatic heterocycles. The lowest BCUT2D eigenvalue weighted by atomic mass is 10.0. The zero-order chi connectivity index (χ0) is 15.5. The van der Waals surface area contributed by atoms with E-state index in [0.717, 1.165) is 27.5 Å². The lowest BCUT2D eigenvalue weighted by molar-refractivity contribution is 0.582. The molecule has 0 aliphatic rings. The van der Waals surface area contributed by atoms with Gasteiger partial charge in [0.05, 0.1) is 5.52 Å². The van der Waals surface area contributed by atoms with Gasteiger partial charge in [-0.25, -0.2) is 0 Å². The smallest absolute Gasteiger partial charge is 0.0717 e. The van der Waals surface area contributed by atoms with E-state index in [1.807, 2.05) is 24.5 Å². The van der Waals surface area contributed by atoms with Crippen molar-refractivity contribution in [2.45, 2.75) is 26.7 Å². The van der Waals surface area contributed by atoms with Crippen molar-refractivity contribution in [2.24, 2.45) is 5.92 Å². The minimum atomic E-state index is 0.699. The summed E-state index contributed by atoms with van der Waals surface area (Å²) in [6, 6.07) is 12.6. The summed E-state index contributed by atoms with van der Waals surface area (Å²) in [7, 11) is 0. The van der Waals surface area contributed by atoms with Gasteiger partial charge in [0, 0.05) is 27.9 Å². The Morgan fingerprint density at radius 2 is 1.77 bits per heavy atom. The third kappa shape index (κ3) is 3.36. The van der Waals surface area contributed by atoms with Crippen LogP contribution >= 0.6 is 15.9 Å². The van der Waals surface area contributed by atoms with E-state index in [1.165, 1.54) is 17.5 Å². The maximum absolute atomic E-state index is 4.80. The van der Waals surface area contributed by atoms with Crippen LogP contribution in [-0.4, -0.2) is 9.97 Å². The Bertz CT molecular complexity index is 782. The Labute approximate surface area is 139 Å². The minimum absolute atomic E-state index is 0.699. The lowest BCUT2D eigenvalue weighted by Gasteiger charge is -2.09. The third-order valence-corrected chi connectivity index (χ3v) is 4.46. The average molecular weight is 355 g/mol. The normalized spacial score (nSPS) is 11.3. The molecule has 2 nitrogen and oxygen atoms in total. The first-order valence-corrected chi connectivity index (χ1v) is 8.42. The number of fused-ring (bicyclic) bond motifs is 1. The molecule has 3 rings (SSSR count). The van der Waals surface area contributed by atoms with Gasteiger partial charge in [-0.1, -0.05) is 35.8 Å². The molecule has 112 valence electrons. The Morgan fingerprint density at radius 1 is 1.00 bits per heavy atom. The summed E-state index contributed by atoms with van der Waals surface area (Å²) < 4.78 is 1.12. The predicted octanol–water partition coefficient (Wildman–Crippen LogP) is 5.65. The number of aromatic nitrogens is 2. The number of rotatable bonds is 4. The molecule has 0 bridgehead atoms. The Balaban J connectivity index is 1.99. The van der Waals surface area contributed by atoms with Crippen molar-refractivity contribution in [3.63, 3.8) is 0 Å². The fourth-order valence-corrected chi connectivity index (χ4v) is 3.11. The van der Waals surface area contributed by atoms with Crippen molar-refractivity contribution in [1.29, 1.82) is 0 Å². The number of hydrogen-bond donors (Lipinski definition) is 0. The molecule has 0 atom stereocenters. The van der Waals surface area contributed by atoms with E-state index in [0.29, 0.717) is 5.92 Å². The molecule has 0 unspecified atom stereocenters. The van der Waals surface area contributed by atoms with Gasteiger partial charge in [0.25, 0.3) is 0 Å². The van der Waals surface area contributed by atoms with Crippen LogP contribution in [-0.2, 0) is 6.42 Å². The fourth-order valence-electron chi connectivity index (χ4n) is 2.52. The van der Waals surface area contributed by atoms with Crippen molar-refractivity contribution in [3.8, 4) is 11.1 Å². The van der Waals surface area contributed by atoms with Crippen molar-refractivity contribution < 1.29 is 0 Å². The van der Waals surface area contributed by atoms with E-state index in [-0.39, 0.29) is 0 Å². The summed E-state index contributed by atoms with van der Waals surface area (Å²) in [6.45, 7) is 4.49. The van der Waals surface area contributed by atoms with E-state index >= 15 is 0 Å². The van der Waals surface area contributed by atoms with Crippen molar-refractivity contribution in [3.05, 3.63) is 59.0 Å². The molecule has 0 fully saturated rings. The first-order valence-electron chi connectivity index (χ1n) is 7.63. The van der Waals surface area contributed by atoms with Crippen LogP contribution in [0.5, 0.6) is 0 Å². The largest absolute Gasteiger partial charge is 0.265 e. The molecule has 2 heterocycles. The summed E-state index contributed by atoms with van der Waals surface area (Å²) in [4.78, 5) is 8.88.